The normalized spacial score (nSPS) is 20.2. The topological polar surface area (TPSA) is 37.3 Å². The van der Waals surface area contributed by atoms with E-state index in [0.717, 1.165) is 10.0 Å². The van der Waals surface area contributed by atoms with Crippen LogP contribution in [0.25, 0.3) is 0 Å². The van der Waals surface area contributed by atoms with E-state index in [1.54, 1.807) is 6.08 Å². The summed E-state index contributed by atoms with van der Waals surface area (Å²) in [7, 11) is 0. The summed E-state index contributed by atoms with van der Waals surface area (Å²) in [6.07, 6.45) is 3.31. The summed E-state index contributed by atoms with van der Waals surface area (Å²) in [6, 6.07) is 6.12. The molecule has 0 amide bonds. The predicted molar refractivity (Wildman–Crippen MR) is 71.0 cm³/mol. The third-order valence-corrected chi connectivity index (χ3v) is 3.98. The first-order chi connectivity index (χ1) is 8.06. The zero-order chi connectivity index (χ0) is 12.4. The van der Waals surface area contributed by atoms with Gasteiger partial charge in [0.05, 0.1) is 5.76 Å². The fourth-order valence-corrected chi connectivity index (χ4v) is 2.46. The van der Waals surface area contributed by atoms with Gasteiger partial charge in [-0.25, -0.2) is 0 Å². The van der Waals surface area contributed by atoms with Gasteiger partial charge in [-0.05, 0) is 36.6 Å². The van der Waals surface area contributed by atoms with E-state index in [2.05, 4.69) is 15.9 Å². The van der Waals surface area contributed by atoms with Crippen LogP contribution in [0.3, 0.4) is 0 Å². The molecular formula is C14H15BrO2. The Bertz CT molecular complexity index is 477. The van der Waals surface area contributed by atoms with Crippen molar-refractivity contribution in [1.82, 2.24) is 0 Å². The second-order valence-electron chi connectivity index (χ2n) is 4.52. The maximum atomic E-state index is 11.7. The Morgan fingerprint density at radius 2 is 2.18 bits per heavy atom. The van der Waals surface area contributed by atoms with E-state index in [1.807, 2.05) is 25.1 Å². The highest BCUT2D eigenvalue weighted by molar-refractivity contribution is 9.10. The fourth-order valence-electron chi connectivity index (χ4n) is 2.04. The second kappa shape index (κ2) is 5.05. The maximum absolute atomic E-state index is 11.7. The number of carbonyl (C=O) groups is 1. The lowest BCUT2D eigenvalue weighted by atomic mass is 9.88. The molecule has 0 fully saturated rings. The first-order valence-electron chi connectivity index (χ1n) is 5.73. The van der Waals surface area contributed by atoms with Crippen molar-refractivity contribution >= 4 is 21.7 Å². The number of aliphatic hydroxyl groups excluding tert-OH is 1. The van der Waals surface area contributed by atoms with Crippen molar-refractivity contribution in [2.45, 2.75) is 26.2 Å². The van der Waals surface area contributed by atoms with E-state index >= 15 is 0 Å². The highest BCUT2D eigenvalue weighted by Gasteiger charge is 2.22. The number of aryl methyl sites for hydroxylation is 1. The van der Waals surface area contributed by atoms with E-state index in [0.29, 0.717) is 25.0 Å². The van der Waals surface area contributed by atoms with Gasteiger partial charge in [-0.3, -0.25) is 4.79 Å². The van der Waals surface area contributed by atoms with Gasteiger partial charge < -0.3 is 5.11 Å². The van der Waals surface area contributed by atoms with Gasteiger partial charge in [-0.2, -0.15) is 0 Å². The van der Waals surface area contributed by atoms with E-state index in [4.69, 9.17) is 0 Å². The van der Waals surface area contributed by atoms with Gasteiger partial charge >= 0.3 is 0 Å². The van der Waals surface area contributed by atoms with Gasteiger partial charge in [-0.15, -0.1) is 0 Å². The van der Waals surface area contributed by atoms with Crippen molar-refractivity contribution in [3.05, 3.63) is 45.6 Å². The van der Waals surface area contributed by atoms with Crippen LogP contribution >= 0.6 is 15.9 Å². The molecule has 3 heteroatoms. The van der Waals surface area contributed by atoms with Crippen LogP contribution in [0, 0.1) is 12.8 Å². The van der Waals surface area contributed by atoms with E-state index < -0.39 is 0 Å². The lowest BCUT2D eigenvalue weighted by Gasteiger charge is -2.17. The quantitative estimate of drug-likeness (QED) is 0.903. The molecule has 0 heterocycles. The molecule has 1 aromatic carbocycles. The fraction of sp³-hybridized carbons (Fsp3) is 0.357. The molecule has 2 rings (SSSR count). The zero-order valence-corrected chi connectivity index (χ0v) is 11.3. The molecule has 0 spiro atoms. The summed E-state index contributed by atoms with van der Waals surface area (Å²) in [5, 5.41) is 9.47. The van der Waals surface area contributed by atoms with Gasteiger partial charge in [-0.1, -0.05) is 28.1 Å². The van der Waals surface area contributed by atoms with Gasteiger partial charge in [0.1, 0.15) is 5.78 Å². The Balaban J connectivity index is 2.17. The molecule has 1 aromatic rings. The Labute approximate surface area is 109 Å². The lowest BCUT2D eigenvalue weighted by molar-refractivity contribution is -0.122. The first kappa shape index (κ1) is 12.4. The molecule has 1 atom stereocenters. The Hall–Kier alpha value is -1.09. The van der Waals surface area contributed by atoms with Crippen LogP contribution in [-0.2, 0) is 11.2 Å². The maximum Gasteiger partial charge on any atom is 0.140 e. The number of ketones is 1. The van der Waals surface area contributed by atoms with Crippen molar-refractivity contribution < 1.29 is 9.90 Å². The molecule has 1 aliphatic carbocycles. The van der Waals surface area contributed by atoms with E-state index in [1.165, 1.54) is 5.56 Å². The van der Waals surface area contributed by atoms with Crippen molar-refractivity contribution in [3.8, 4) is 0 Å². The number of benzene rings is 1. The van der Waals surface area contributed by atoms with E-state index in [-0.39, 0.29) is 11.7 Å². The number of halogens is 1. The summed E-state index contributed by atoms with van der Waals surface area (Å²) in [5.41, 5.74) is 2.30. The van der Waals surface area contributed by atoms with Gasteiger partial charge in [0, 0.05) is 23.2 Å². The smallest absolute Gasteiger partial charge is 0.140 e. The molecule has 0 saturated heterocycles. The number of hydrogen-bond acceptors (Lipinski definition) is 2. The molecule has 0 bridgehead atoms. The molecule has 1 unspecified atom stereocenters. The lowest BCUT2D eigenvalue weighted by Crippen LogP contribution is -2.19. The molecule has 17 heavy (non-hydrogen) atoms. The highest BCUT2D eigenvalue weighted by atomic mass is 79.9. The average molecular weight is 295 g/mol. The Morgan fingerprint density at radius 1 is 1.41 bits per heavy atom. The second-order valence-corrected chi connectivity index (χ2v) is 5.37. The highest BCUT2D eigenvalue weighted by Crippen LogP contribution is 2.24. The minimum atomic E-state index is -0.168. The molecule has 1 aliphatic rings. The van der Waals surface area contributed by atoms with Gasteiger partial charge in [0.25, 0.3) is 0 Å². The summed E-state index contributed by atoms with van der Waals surface area (Å²) >= 11 is 3.49. The van der Waals surface area contributed by atoms with Crippen LogP contribution < -0.4 is 0 Å². The van der Waals surface area contributed by atoms with Crippen molar-refractivity contribution in [3.63, 3.8) is 0 Å². The minimum absolute atomic E-state index is 0.168. The van der Waals surface area contributed by atoms with E-state index in [9.17, 15) is 9.90 Å². The largest absolute Gasteiger partial charge is 0.513 e. The molecule has 0 aliphatic heterocycles. The SMILES string of the molecule is Cc1ccc(CC2C=C(O)CCC2=O)cc1Br. The number of aliphatic hydroxyl groups is 1. The van der Waals surface area contributed by atoms with Crippen LogP contribution in [0.2, 0.25) is 0 Å². The molecule has 0 saturated carbocycles. The summed E-state index contributed by atoms with van der Waals surface area (Å²) < 4.78 is 1.06. The van der Waals surface area contributed by atoms with Crippen molar-refractivity contribution in [2.75, 3.05) is 0 Å². The third kappa shape index (κ3) is 2.97. The first-order valence-corrected chi connectivity index (χ1v) is 6.53. The third-order valence-electron chi connectivity index (χ3n) is 3.13. The summed E-state index contributed by atoms with van der Waals surface area (Å²) in [4.78, 5) is 11.7. The zero-order valence-electron chi connectivity index (χ0n) is 9.74. The standard InChI is InChI=1S/C14H15BrO2/c1-9-2-3-10(7-13(9)15)6-11-8-12(16)4-5-14(11)17/h2-3,7-8,11,16H,4-6H2,1H3. The molecule has 90 valence electrons. The van der Waals surface area contributed by atoms with Crippen LogP contribution in [0.1, 0.15) is 24.0 Å². The van der Waals surface area contributed by atoms with Crippen molar-refractivity contribution in [1.29, 1.82) is 0 Å². The molecule has 2 nitrogen and oxygen atoms in total. The number of hydrogen-bond donors (Lipinski definition) is 1. The van der Waals surface area contributed by atoms with Crippen LogP contribution in [0.4, 0.5) is 0 Å². The van der Waals surface area contributed by atoms with Crippen LogP contribution in [-0.4, -0.2) is 10.9 Å². The number of allylic oxidation sites excluding steroid dienone is 2. The average Bonchev–Trinajstić information content (AvgIpc) is 2.29. The molecule has 1 N–H and O–H groups in total. The van der Waals surface area contributed by atoms with Crippen LogP contribution in [0.5, 0.6) is 0 Å². The molecular weight excluding hydrogens is 280 g/mol. The summed E-state index contributed by atoms with van der Waals surface area (Å²) in [6.45, 7) is 2.03. The number of carbonyl (C=O) groups excluding carboxylic acids is 1. The predicted octanol–water partition coefficient (Wildman–Crippen LogP) is 3.72. The summed E-state index contributed by atoms with van der Waals surface area (Å²) in [5.74, 6) is 0.402. The van der Waals surface area contributed by atoms with Gasteiger partial charge in [0.15, 0.2) is 0 Å². The van der Waals surface area contributed by atoms with Gasteiger partial charge in [0.2, 0.25) is 0 Å². The Kier molecular flexibility index (Phi) is 3.67. The minimum Gasteiger partial charge on any atom is -0.513 e. The van der Waals surface area contributed by atoms with Crippen LogP contribution in [0.15, 0.2) is 34.5 Å². The number of rotatable bonds is 2. The Morgan fingerprint density at radius 3 is 2.88 bits per heavy atom. The molecule has 0 aromatic heterocycles. The monoisotopic (exact) mass is 294 g/mol. The van der Waals surface area contributed by atoms with Crippen molar-refractivity contribution in [2.24, 2.45) is 5.92 Å². The molecule has 0 radical (unpaired) electrons. The number of Topliss-reactive ketones (excluding diaryl/α,β-unsaturated/α-hetero) is 1.